The number of methoxy groups -OCH3 is 1. The number of ether oxygens (including phenoxy) is 1. The van der Waals surface area contributed by atoms with E-state index in [1.807, 2.05) is 6.20 Å². The molecule has 17 heavy (non-hydrogen) atoms. The second kappa shape index (κ2) is 7.59. The van der Waals surface area contributed by atoms with Gasteiger partial charge in [-0.3, -0.25) is 4.79 Å². The number of amides is 1. The quantitative estimate of drug-likeness (QED) is 0.617. The predicted octanol–water partition coefficient (Wildman–Crippen LogP) is -0.164. The van der Waals surface area contributed by atoms with Gasteiger partial charge in [-0.15, -0.1) is 0 Å². The lowest BCUT2D eigenvalue weighted by atomic mass is 10.3. The molecule has 1 aromatic rings. The maximum Gasteiger partial charge on any atom is 0.234 e. The molecular weight excluding hydrogens is 220 g/mol. The van der Waals surface area contributed by atoms with Crippen LogP contribution in [0.15, 0.2) is 19.0 Å². The molecule has 0 fully saturated rings. The van der Waals surface area contributed by atoms with Crippen LogP contribution in [0, 0.1) is 0 Å². The van der Waals surface area contributed by atoms with Crippen LogP contribution in [0.25, 0.3) is 6.20 Å². The Labute approximate surface area is 101 Å². The molecule has 94 valence electrons. The Balaban J connectivity index is 2.14. The molecule has 0 saturated carbocycles. The van der Waals surface area contributed by atoms with Gasteiger partial charge in [0.25, 0.3) is 0 Å². The number of carbonyl (C=O) groups is 1. The highest BCUT2D eigenvalue weighted by atomic mass is 16.5. The summed E-state index contributed by atoms with van der Waals surface area (Å²) < 4.78 is 6.45. The van der Waals surface area contributed by atoms with E-state index in [9.17, 15) is 4.79 Å². The number of nitrogens with one attached hydrogen (secondary N) is 2. The zero-order valence-corrected chi connectivity index (χ0v) is 9.98. The third kappa shape index (κ3) is 5.28. The molecule has 0 spiro atoms. The molecule has 0 aliphatic heterocycles. The monoisotopic (exact) mass is 238 g/mol. The number of aromatic nitrogens is 2. The first-order chi connectivity index (χ1) is 8.26. The minimum absolute atomic E-state index is 0.0434. The van der Waals surface area contributed by atoms with Crippen molar-refractivity contribution in [3.63, 3.8) is 0 Å². The summed E-state index contributed by atoms with van der Waals surface area (Å²) in [6, 6.07) is 0. The van der Waals surface area contributed by atoms with Gasteiger partial charge in [-0.2, -0.15) is 5.10 Å². The van der Waals surface area contributed by atoms with Gasteiger partial charge >= 0.3 is 0 Å². The lowest BCUT2D eigenvalue weighted by Gasteiger charge is -2.05. The first-order valence-electron chi connectivity index (χ1n) is 5.38. The molecule has 0 aromatic carbocycles. The summed E-state index contributed by atoms with van der Waals surface area (Å²) in [5.41, 5.74) is 1.01. The fourth-order valence-electron chi connectivity index (χ4n) is 1.24. The van der Waals surface area contributed by atoms with Crippen molar-refractivity contribution >= 4 is 12.1 Å². The molecule has 0 aliphatic rings. The van der Waals surface area contributed by atoms with Crippen molar-refractivity contribution in [1.29, 1.82) is 0 Å². The fourth-order valence-corrected chi connectivity index (χ4v) is 1.24. The molecule has 0 saturated heterocycles. The summed E-state index contributed by atoms with van der Waals surface area (Å²) in [5, 5.41) is 9.78. The van der Waals surface area contributed by atoms with Crippen LogP contribution in [-0.2, 0) is 16.1 Å². The average molecular weight is 238 g/mol. The molecular formula is C11H18N4O2. The van der Waals surface area contributed by atoms with Gasteiger partial charge in [0.15, 0.2) is 0 Å². The summed E-state index contributed by atoms with van der Waals surface area (Å²) in [5.74, 6) is -0.0434. The van der Waals surface area contributed by atoms with Crippen molar-refractivity contribution < 1.29 is 9.53 Å². The van der Waals surface area contributed by atoms with E-state index >= 15 is 0 Å². The van der Waals surface area contributed by atoms with Gasteiger partial charge in [0.05, 0.1) is 19.3 Å². The Morgan fingerprint density at radius 2 is 2.53 bits per heavy atom. The number of carbonyl (C=O) groups excluding carboxylic acids is 1. The molecule has 2 N–H and O–H groups in total. The van der Waals surface area contributed by atoms with Crippen LogP contribution in [0.4, 0.5) is 0 Å². The smallest absolute Gasteiger partial charge is 0.234 e. The van der Waals surface area contributed by atoms with Crippen LogP contribution in [0.5, 0.6) is 0 Å². The SMILES string of the molecule is C=Cn1cc(CNCC(=O)NCCOC)cn1. The number of hydrogen-bond donors (Lipinski definition) is 2. The van der Waals surface area contributed by atoms with E-state index in [0.717, 1.165) is 5.56 Å². The summed E-state index contributed by atoms with van der Waals surface area (Å²) >= 11 is 0. The molecule has 0 unspecified atom stereocenters. The highest BCUT2D eigenvalue weighted by Gasteiger charge is 2.00. The molecule has 6 heteroatoms. The summed E-state index contributed by atoms with van der Waals surface area (Å²) in [7, 11) is 1.60. The van der Waals surface area contributed by atoms with Crippen molar-refractivity contribution in [3.8, 4) is 0 Å². The Morgan fingerprint density at radius 3 is 3.18 bits per heavy atom. The van der Waals surface area contributed by atoms with E-state index in [2.05, 4.69) is 22.3 Å². The van der Waals surface area contributed by atoms with E-state index < -0.39 is 0 Å². The van der Waals surface area contributed by atoms with Gasteiger partial charge in [-0.1, -0.05) is 6.58 Å². The predicted molar refractivity (Wildman–Crippen MR) is 65.2 cm³/mol. The first-order valence-corrected chi connectivity index (χ1v) is 5.38. The van der Waals surface area contributed by atoms with E-state index in [-0.39, 0.29) is 12.5 Å². The van der Waals surface area contributed by atoms with E-state index in [0.29, 0.717) is 19.7 Å². The lowest BCUT2D eigenvalue weighted by Crippen LogP contribution is -2.35. The zero-order chi connectivity index (χ0) is 12.5. The largest absolute Gasteiger partial charge is 0.383 e. The van der Waals surface area contributed by atoms with Crippen LogP contribution >= 0.6 is 0 Å². The van der Waals surface area contributed by atoms with Gasteiger partial charge in [-0.05, 0) is 0 Å². The Morgan fingerprint density at radius 1 is 1.71 bits per heavy atom. The molecule has 1 aromatic heterocycles. The second-order valence-corrected chi connectivity index (χ2v) is 3.46. The third-order valence-corrected chi connectivity index (χ3v) is 2.09. The minimum atomic E-state index is -0.0434. The van der Waals surface area contributed by atoms with Crippen LogP contribution in [0.3, 0.4) is 0 Å². The maximum atomic E-state index is 11.3. The van der Waals surface area contributed by atoms with Gasteiger partial charge in [-0.25, -0.2) is 4.68 Å². The van der Waals surface area contributed by atoms with Gasteiger partial charge in [0.2, 0.25) is 5.91 Å². The Kier molecular flexibility index (Phi) is 5.98. The molecule has 1 rings (SSSR count). The van der Waals surface area contributed by atoms with Crippen molar-refractivity contribution in [1.82, 2.24) is 20.4 Å². The summed E-state index contributed by atoms with van der Waals surface area (Å²) in [6.07, 6.45) is 5.20. The first kappa shape index (κ1) is 13.4. The van der Waals surface area contributed by atoms with Crippen LogP contribution in [-0.4, -0.2) is 42.5 Å². The molecule has 6 nitrogen and oxygen atoms in total. The van der Waals surface area contributed by atoms with E-state index in [1.165, 1.54) is 0 Å². The van der Waals surface area contributed by atoms with Crippen LogP contribution in [0.1, 0.15) is 5.56 Å². The van der Waals surface area contributed by atoms with Crippen LogP contribution in [0.2, 0.25) is 0 Å². The van der Waals surface area contributed by atoms with Gasteiger partial charge < -0.3 is 15.4 Å². The van der Waals surface area contributed by atoms with E-state index in [4.69, 9.17) is 4.74 Å². The molecule has 0 radical (unpaired) electrons. The van der Waals surface area contributed by atoms with Crippen molar-refractivity contribution in [2.45, 2.75) is 6.54 Å². The average Bonchev–Trinajstić information content (AvgIpc) is 2.77. The van der Waals surface area contributed by atoms with Crippen molar-refractivity contribution in [2.75, 3.05) is 26.8 Å². The van der Waals surface area contributed by atoms with E-state index in [1.54, 1.807) is 24.2 Å². The summed E-state index contributed by atoms with van der Waals surface area (Å²) in [4.78, 5) is 11.3. The second-order valence-electron chi connectivity index (χ2n) is 3.46. The highest BCUT2D eigenvalue weighted by molar-refractivity contribution is 5.77. The highest BCUT2D eigenvalue weighted by Crippen LogP contribution is 1.96. The number of rotatable bonds is 8. The number of hydrogen-bond acceptors (Lipinski definition) is 4. The maximum absolute atomic E-state index is 11.3. The lowest BCUT2D eigenvalue weighted by molar-refractivity contribution is -0.120. The topological polar surface area (TPSA) is 68.2 Å². The van der Waals surface area contributed by atoms with Crippen molar-refractivity contribution in [2.24, 2.45) is 0 Å². The normalized spacial score (nSPS) is 10.2. The molecule has 0 bridgehead atoms. The Hall–Kier alpha value is -1.66. The number of nitrogens with zero attached hydrogens (tertiary/aromatic N) is 2. The van der Waals surface area contributed by atoms with Gasteiger partial charge in [0, 0.05) is 38.2 Å². The van der Waals surface area contributed by atoms with Crippen molar-refractivity contribution in [3.05, 3.63) is 24.5 Å². The zero-order valence-electron chi connectivity index (χ0n) is 9.98. The Bertz CT molecular complexity index is 362. The third-order valence-electron chi connectivity index (χ3n) is 2.09. The van der Waals surface area contributed by atoms with Gasteiger partial charge in [0.1, 0.15) is 0 Å². The fraction of sp³-hybridized carbons (Fsp3) is 0.455. The molecule has 0 atom stereocenters. The summed E-state index contributed by atoms with van der Waals surface area (Å²) in [6.45, 7) is 5.54. The standard InChI is InChI=1S/C11H18N4O2/c1-3-15-9-10(7-14-15)6-12-8-11(16)13-4-5-17-2/h3,7,9,12H,1,4-6,8H2,2H3,(H,13,16). The molecule has 1 heterocycles. The molecule has 1 amide bonds. The van der Waals surface area contributed by atoms with Crippen LogP contribution < -0.4 is 10.6 Å². The molecule has 0 aliphatic carbocycles. The minimum Gasteiger partial charge on any atom is -0.383 e.